The summed E-state index contributed by atoms with van der Waals surface area (Å²) in [6, 6.07) is 14.8. The summed E-state index contributed by atoms with van der Waals surface area (Å²) in [4.78, 5) is 16.2. The Morgan fingerprint density at radius 2 is 1.85 bits per heavy atom. The molecule has 0 bridgehead atoms. The molecular weight excluding hydrogens is 332 g/mol. The van der Waals surface area contributed by atoms with Gasteiger partial charge in [-0.1, -0.05) is 44.5 Å². The number of aromatic amines is 1. The third kappa shape index (κ3) is 3.51. The van der Waals surface area contributed by atoms with E-state index in [1.54, 1.807) is 0 Å². The van der Waals surface area contributed by atoms with Gasteiger partial charge in [-0.3, -0.25) is 4.79 Å². The van der Waals surface area contributed by atoms with Crippen LogP contribution < -0.4 is 5.32 Å². The van der Waals surface area contributed by atoms with Gasteiger partial charge in [-0.05, 0) is 60.6 Å². The number of benzene rings is 2. The van der Waals surface area contributed by atoms with Crippen LogP contribution in [0.25, 0.3) is 10.9 Å². The molecule has 0 radical (unpaired) electrons. The first-order chi connectivity index (χ1) is 12.8. The first-order valence-corrected chi connectivity index (χ1v) is 9.83. The Kier molecular flexibility index (Phi) is 4.33. The minimum Gasteiger partial charge on any atom is -0.358 e. The van der Waals surface area contributed by atoms with Crippen molar-refractivity contribution < 1.29 is 4.79 Å². The van der Waals surface area contributed by atoms with E-state index in [0.29, 0.717) is 0 Å². The van der Waals surface area contributed by atoms with Gasteiger partial charge >= 0.3 is 0 Å². The fraction of sp³-hybridized carbons (Fsp3) is 0.375. The standard InChI is InChI=1S/C24H28N2O/c1-15-5-12-21-20(13-15)19-11-10-18(14-22(19)26-21)25-23(27)16-6-8-17(9-7-16)24(2,3)4/h5-9,12-13,18,26H,10-11,14H2,1-4H3,(H,25,27). The third-order valence-corrected chi connectivity index (χ3v) is 5.69. The van der Waals surface area contributed by atoms with E-state index in [-0.39, 0.29) is 17.4 Å². The van der Waals surface area contributed by atoms with Gasteiger partial charge in [0, 0.05) is 34.6 Å². The monoisotopic (exact) mass is 360 g/mol. The maximum atomic E-state index is 12.7. The molecule has 1 aliphatic rings. The number of hydrogen-bond acceptors (Lipinski definition) is 1. The van der Waals surface area contributed by atoms with Crippen molar-refractivity contribution in [3.63, 3.8) is 0 Å². The Morgan fingerprint density at radius 3 is 2.56 bits per heavy atom. The van der Waals surface area contributed by atoms with E-state index in [1.165, 1.54) is 33.3 Å². The van der Waals surface area contributed by atoms with Crippen molar-refractivity contribution in [3.8, 4) is 0 Å². The van der Waals surface area contributed by atoms with Crippen LogP contribution in [0.15, 0.2) is 42.5 Å². The van der Waals surface area contributed by atoms with Crippen LogP contribution in [0.4, 0.5) is 0 Å². The smallest absolute Gasteiger partial charge is 0.251 e. The molecule has 1 atom stereocenters. The number of H-pyrrole nitrogens is 1. The molecule has 2 N–H and O–H groups in total. The van der Waals surface area contributed by atoms with Crippen LogP contribution in [0.2, 0.25) is 0 Å². The number of aromatic nitrogens is 1. The average molecular weight is 361 g/mol. The second kappa shape index (κ2) is 6.56. The summed E-state index contributed by atoms with van der Waals surface area (Å²) in [6.07, 6.45) is 2.86. The molecule has 1 aromatic heterocycles. The first kappa shape index (κ1) is 17.8. The Hall–Kier alpha value is -2.55. The zero-order valence-electron chi connectivity index (χ0n) is 16.6. The topological polar surface area (TPSA) is 44.9 Å². The maximum Gasteiger partial charge on any atom is 0.251 e. The van der Waals surface area contributed by atoms with E-state index >= 15 is 0 Å². The van der Waals surface area contributed by atoms with E-state index in [9.17, 15) is 4.79 Å². The molecule has 0 fully saturated rings. The number of rotatable bonds is 2. The minimum atomic E-state index is 0.0239. The molecule has 0 aliphatic heterocycles. The van der Waals surface area contributed by atoms with Gasteiger partial charge in [0.2, 0.25) is 0 Å². The number of nitrogens with one attached hydrogen (secondary N) is 2. The molecular formula is C24H28N2O. The lowest BCUT2D eigenvalue weighted by Gasteiger charge is -2.24. The quantitative estimate of drug-likeness (QED) is 0.659. The Labute approximate surface area is 161 Å². The number of carbonyl (C=O) groups is 1. The summed E-state index contributed by atoms with van der Waals surface area (Å²) in [5.41, 5.74) is 7.27. The SMILES string of the molecule is Cc1ccc2[nH]c3c(c2c1)CCC(NC(=O)c1ccc(C(C)(C)C)cc1)C3. The highest BCUT2D eigenvalue weighted by atomic mass is 16.1. The normalized spacial score (nSPS) is 17.0. The summed E-state index contributed by atoms with van der Waals surface area (Å²) < 4.78 is 0. The summed E-state index contributed by atoms with van der Waals surface area (Å²) >= 11 is 0. The second-order valence-electron chi connectivity index (χ2n) is 8.87. The van der Waals surface area contributed by atoms with Gasteiger partial charge < -0.3 is 10.3 Å². The summed E-state index contributed by atoms with van der Waals surface area (Å²) in [5.74, 6) is 0.0239. The third-order valence-electron chi connectivity index (χ3n) is 5.69. The lowest BCUT2D eigenvalue weighted by atomic mass is 9.86. The molecule has 3 nitrogen and oxygen atoms in total. The highest BCUT2D eigenvalue weighted by molar-refractivity contribution is 5.94. The lowest BCUT2D eigenvalue weighted by molar-refractivity contribution is 0.0933. The fourth-order valence-electron chi connectivity index (χ4n) is 4.06. The molecule has 0 saturated carbocycles. The largest absolute Gasteiger partial charge is 0.358 e. The molecule has 3 aromatic rings. The number of carbonyl (C=O) groups excluding carboxylic acids is 1. The van der Waals surface area contributed by atoms with Crippen LogP contribution in [0.1, 0.15) is 59.9 Å². The Bertz CT molecular complexity index is 990. The number of fused-ring (bicyclic) bond motifs is 3. The molecule has 2 aromatic carbocycles. The zero-order chi connectivity index (χ0) is 19.2. The van der Waals surface area contributed by atoms with Crippen LogP contribution in [-0.2, 0) is 18.3 Å². The van der Waals surface area contributed by atoms with E-state index in [2.05, 4.69) is 68.3 Å². The van der Waals surface area contributed by atoms with Gasteiger partial charge in [0.05, 0.1) is 0 Å². The minimum absolute atomic E-state index is 0.0239. The van der Waals surface area contributed by atoms with Crippen molar-refractivity contribution in [3.05, 3.63) is 70.4 Å². The van der Waals surface area contributed by atoms with Crippen molar-refractivity contribution in [2.45, 2.75) is 58.4 Å². The highest BCUT2D eigenvalue weighted by Gasteiger charge is 2.24. The molecule has 4 rings (SSSR count). The molecule has 1 unspecified atom stereocenters. The van der Waals surface area contributed by atoms with Gasteiger partial charge in [0.1, 0.15) is 0 Å². The lowest BCUT2D eigenvalue weighted by Crippen LogP contribution is -2.38. The van der Waals surface area contributed by atoms with E-state index in [1.807, 2.05) is 12.1 Å². The molecule has 1 amide bonds. The molecule has 140 valence electrons. The Morgan fingerprint density at radius 1 is 1.11 bits per heavy atom. The zero-order valence-corrected chi connectivity index (χ0v) is 16.6. The molecule has 27 heavy (non-hydrogen) atoms. The molecule has 0 spiro atoms. The van der Waals surface area contributed by atoms with Crippen LogP contribution in [-0.4, -0.2) is 16.9 Å². The Balaban J connectivity index is 1.48. The van der Waals surface area contributed by atoms with Crippen LogP contribution in [0.3, 0.4) is 0 Å². The van der Waals surface area contributed by atoms with Gasteiger partial charge in [0.15, 0.2) is 0 Å². The number of aryl methyl sites for hydroxylation is 2. The van der Waals surface area contributed by atoms with Gasteiger partial charge in [-0.15, -0.1) is 0 Å². The maximum absolute atomic E-state index is 12.7. The summed E-state index contributed by atoms with van der Waals surface area (Å²) in [6.45, 7) is 8.69. The summed E-state index contributed by atoms with van der Waals surface area (Å²) in [7, 11) is 0. The summed E-state index contributed by atoms with van der Waals surface area (Å²) in [5, 5.41) is 4.57. The number of amides is 1. The van der Waals surface area contributed by atoms with Gasteiger partial charge in [-0.25, -0.2) is 0 Å². The van der Waals surface area contributed by atoms with Crippen molar-refractivity contribution in [1.82, 2.24) is 10.3 Å². The van der Waals surface area contributed by atoms with E-state index < -0.39 is 0 Å². The van der Waals surface area contributed by atoms with Crippen LogP contribution >= 0.6 is 0 Å². The predicted octanol–water partition coefficient (Wildman–Crippen LogP) is 5.06. The van der Waals surface area contributed by atoms with E-state index in [0.717, 1.165) is 24.8 Å². The first-order valence-electron chi connectivity index (χ1n) is 9.83. The molecule has 1 heterocycles. The van der Waals surface area contributed by atoms with Crippen molar-refractivity contribution in [2.24, 2.45) is 0 Å². The van der Waals surface area contributed by atoms with Crippen LogP contribution in [0, 0.1) is 6.92 Å². The number of hydrogen-bond donors (Lipinski definition) is 2. The van der Waals surface area contributed by atoms with Crippen molar-refractivity contribution >= 4 is 16.8 Å². The van der Waals surface area contributed by atoms with Gasteiger partial charge in [-0.2, -0.15) is 0 Å². The van der Waals surface area contributed by atoms with Crippen molar-refractivity contribution in [2.75, 3.05) is 0 Å². The van der Waals surface area contributed by atoms with Crippen LogP contribution in [0.5, 0.6) is 0 Å². The van der Waals surface area contributed by atoms with Crippen molar-refractivity contribution in [1.29, 1.82) is 0 Å². The molecule has 3 heteroatoms. The van der Waals surface area contributed by atoms with Gasteiger partial charge in [0.25, 0.3) is 5.91 Å². The second-order valence-corrected chi connectivity index (χ2v) is 8.87. The molecule has 1 aliphatic carbocycles. The fourth-order valence-corrected chi connectivity index (χ4v) is 4.06. The highest BCUT2D eigenvalue weighted by Crippen LogP contribution is 2.30. The average Bonchev–Trinajstić information content (AvgIpc) is 2.98. The predicted molar refractivity (Wildman–Crippen MR) is 111 cm³/mol. The molecule has 0 saturated heterocycles. The van der Waals surface area contributed by atoms with E-state index in [4.69, 9.17) is 0 Å².